The molecular weight excluding hydrogens is 549 g/mol. The number of ether oxygens (including phenoxy) is 1. The van der Waals surface area contributed by atoms with Crippen LogP contribution in [0.15, 0.2) is 54.6 Å². The fourth-order valence-corrected chi connectivity index (χ4v) is 6.07. The van der Waals surface area contributed by atoms with Gasteiger partial charge in [0.25, 0.3) is 5.91 Å². The average molecular weight is 578 g/mol. The Bertz CT molecular complexity index is 1490. The van der Waals surface area contributed by atoms with Gasteiger partial charge in [0.05, 0.1) is 16.7 Å². The molecule has 0 radical (unpaired) electrons. The predicted molar refractivity (Wildman–Crippen MR) is 153 cm³/mol. The number of Topliss-reactive ketones (excluding diaryl/α,β-unsaturated/α-hetero) is 1. The molecule has 1 aliphatic carbocycles. The van der Waals surface area contributed by atoms with E-state index < -0.39 is 5.97 Å². The molecule has 1 amide bonds. The smallest absolute Gasteiger partial charge is 0.344 e. The number of amides is 1. The van der Waals surface area contributed by atoms with Crippen molar-refractivity contribution in [2.75, 3.05) is 13.1 Å². The van der Waals surface area contributed by atoms with Crippen LogP contribution in [0, 0.1) is 32.6 Å². The number of allylic oxidation sites excluding steroid dienone is 2. The van der Waals surface area contributed by atoms with Gasteiger partial charge in [0, 0.05) is 37.8 Å². The Morgan fingerprint density at radius 3 is 2.20 bits per heavy atom. The predicted octanol–water partition coefficient (Wildman–Crippen LogP) is 6.42. The molecule has 5 rings (SSSR count). The third-order valence-electron chi connectivity index (χ3n) is 7.60. The van der Waals surface area contributed by atoms with Crippen molar-refractivity contribution in [2.45, 2.75) is 40.0 Å². The van der Waals surface area contributed by atoms with Crippen molar-refractivity contribution in [1.82, 2.24) is 14.9 Å². The van der Waals surface area contributed by atoms with E-state index in [9.17, 15) is 14.4 Å². The second kappa shape index (κ2) is 11.5. The summed E-state index contributed by atoms with van der Waals surface area (Å²) in [6.45, 7) is 7.11. The number of aryl methyl sites for hydroxylation is 3. The largest absolute Gasteiger partial charge is 0.427 e. The van der Waals surface area contributed by atoms with Gasteiger partial charge in [-0.05, 0) is 80.5 Å². The Morgan fingerprint density at radius 2 is 1.60 bits per heavy atom. The molecule has 2 unspecified atom stereocenters. The molecule has 2 atom stereocenters. The Hall–Kier alpha value is -3.55. The molecule has 206 valence electrons. The highest BCUT2D eigenvalue weighted by atomic mass is 35.5. The number of carbonyl (C=O) groups excluding carboxylic acids is 3. The van der Waals surface area contributed by atoms with Crippen molar-refractivity contribution in [3.63, 3.8) is 0 Å². The molecule has 7 nitrogen and oxygen atoms in total. The van der Waals surface area contributed by atoms with Crippen LogP contribution in [0.1, 0.15) is 62.2 Å². The number of pyridine rings is 2. The SMILES string of the molecule is Cc1cc(C)c(C2=C(OC(=O)c3ccc(Cl)nc3)CC(CC3CCN(C(=O)c4ccc(Cl)nc4)C3)C2=O)c(C)c1. The number of rotatable bonds is 6. The van der Waals surface area contributed by atoms with Crippen molar-refractivity contribution in [2.24, 2.45) is 11.8 Å². The van der Waals surface area contributed by atoms with E-state index in [2.05, 4.69) is 9.97 Å². The molecule has 0 N–H and O–H groups in total. The van der Waals surface area contributed by atoms with Gasteiger partial charge in [0.2, 0.25) is 0 Å². The highest BCUT2D eigenvalue weighted by Crippen LogP contribution is 2.42. The molecule has 0 spiro atoms. The minimum atomic E-state index is -0.582. The molecule has 2 aromatic heterocycles. The maximum absolute atomic E-state index is 13.9. The van der Waals surface area contributed by atoms with Crippen LogP contribution in [-0.2, 0) is 9.53 Å². The molecule has 40 heavy (non-hydrogen) atoms. The summed E-state index contributed by atoms with van der Waals surface area (Å²) in [4.78, 5) is 49.7. The van der Waals surface area contributed by atoms with Crippen molar-refractivity contribution in [1.29, 1.82) is 0 Å². The number of benzene rings is 1. The summed E-state index contributed by atoms with van der Waals surface area (Å²) >= 11 is 11.7. The van der Waals surface area contributed by atoms with Crippen LogP contribution in [0.25, 0.3) is 5.57 Å². The van der Waals surface area contributed by atoms with E-state index in [0.717, 1.165) is 28.7 Å². The van der Waals surface area contributed by atoms with Crippen LogP contribution in [0.5, 0.6) is 0 Å². The minimum absolute atomic E-state index is 0.0289. The summed E-state index contributed by atoms with van der Waals surface area (Å²) in [7, 11) is 0. The number of likely N-dealkylation sites (tertiary alicyclic amines) is 1. The van der Waals surface area contributed by atoms with E-state index in [4.69, 9.17) is 27.9 Å². The monoisotopic (exact) mass is 577 g/mol. The first-order valence-corrected chi connectivity index (χ1v) is 14.0. The first-order chi connectivity index (χ1) is 19.1. The van der Waals surface area contributed by atoms with E-state index in [0.29, 0.717) is 48.0 Å². The third kappa shape index (κ3) is 5.81. The summed E-state index contributed by atoms with van der Waals surface area (Å²) in [5.41, 5.74) is 5.03. The first-order valence-electron chi connectivity index (χ1n) is 13.2. The second-order valence-electron chi connectivity index (χ2n) is 10.6. The van der Waals surface area contributed by atoms with Gasteiger partial charge in [-0.25, -0.2) is 14.8 Å². The number of carbonyl (C=O) groups is 3. The first kappa shape index (κ1) is 28.0. The zero-order chi connectivity index (χ0) is 28.6. The van der Waals surface area contributed by atoms with Gasteiger partial charge in [0.1, 0.15) is 16.1 Å². The molecule has 3 heterocycles. The lowest BCUT2D eigenvalue weighted by molar-refractivity contribution is -0.117. The molecule has 1 aliphatic heterocycles. The molecule has 1 fully saturated rings. The number of ketones is 1. The van der Waals surface area contributed by atoms with Crippen molar-refractivity contribution in [3.8, 4) is 0 Å². The summed E-state index contributed by atoms with van der Waals surface area (Å²) < 4.78 is 5.89. The highest BCUT2D eigenvalue weighted by molar-refractivity contribution is 6.29. The average Bonchev–Trinajstić information content (AvgIpc) is 3.49. The molecule has 1 aromatic carbocycles. The van der Waals surface area contributed by atoms with E-state index >= 15 is 0 Å². The topological polar surface area (TPSA) is 89.5 Å². The number of halogens is 2. The maximum Gasteiger partial charge on any atom is 0.344 e. The standard InChI is InChI=1S/C31H29Cl2N3O4/c1-17-10-18(2)27(19(3)11-17)28-24(40-31(39)22-5-7-26(33)35-15-22)13-23(29(28)37)12-20-8-9-36(16-20)30(38)21-4-6-25(32)34-14-21/h4-7,10-11,14-15,20,23H,8-9,12-13,16H2,1-3H3. The zero-order valence-corrected chi connectivity index (χ0v) is 24.1. The van der Waals surface area contributed by atoms with Crippen molar-refractivity contribution < 1.29 is 19.1 Å². The van der Waals surface area contributed by atoms with E-state index in [1.165, 1.54) is 18.5 Å². The van der Waals surface area contributed by atoms with Crippen LogP contribution in [0.4, 0.5) is 0 Å². The molecule has 2 aliphatic rings. The van der Waals surface area contributed by atoms with Gasteiger partial charge in [-0.15, -0.1) is 0 Å². The van der Waals surface area contributed by atoms with Gasteiger partial charge in [-0.3, -0.25) is 9.59 Å². The summed E-state index contributed by atoms with van der Waals surface area (Å²) in [5, 5.41) is 0.608. The lowest BCUT2D eigenvalue weighted by Crippen LogP contribution is -2.29. The van der Waals surface area contributed by atoms with E-state index in [1.807, 2.05) is 32.9 Å². The number of esters is 1. The van der Waals surface area contributed by atoms with Crippen LogP contribution in [0.3, 0.4) is 0 Å². The number of hydrogen-bond donors (Lipinski definition) is 0. The second-order valence-corrected chi connectivity index (χ2v) is 11.4. The molecular formula is C31H29Cl2N3O4. The van der Waals surface area contributed by atoms with Crippen molar-refractivity contribution >= 4 is 46.4 Å². The lowest BCUT2D eigenvalue weighted by atomic mass is 9.87. The summed E-state index contributed by atoms with van der Waals surface area (Å²) in [6, 6.07) is 10.4. The van der Waals surface area contributed by atoms with Gasteiger partial charge in [-0.2, -0.15) is 0 Å². The van der Waals surface area contributed by atoms with Gasteiger partial charge in [-0.1, -0.05) is 40.9 Å². The maximum atomic E-state index is 13.9. The van der Waals surface area contributed by atoms with Gasteiger partial charge < -0.3 is 9.64 Å². The Balaban J connectivity index is 1.37. The molecule has 9 heteroatoms. The normalized spacial score (nSPS) is 18.9. The summed E-state index contributed by atoms with van der Waals surface area (Å²) in [5.74, 6) is -0.530. The third-order valence-corrected chi connectivity index (χ3v) is 8.05. The highest BCUT2D eigenvalue weighted by Gasteiger charge is 2.40. The Labute approximate surface area is 243 Å². The zero-order valence-electron chi connectivity index (χ0n) is 22.5. The quantitative estimate of drug-likeness (QED) is 0.248. The van der Waals surface area contributed by atoms with E-state index in [-0.39, 0.29) is 34.2 Å². The van der Waals surface area contributed by atoms with Crippen LogP contribution >= 0.6 is 23.2 Å². The lowest BCUT2D eigenvalue weighted by Gasteiger charge is -2.18. The Kier molecular flexibility index (Phi) is 8.06. The molecule has 0 bridgehead atoms. The number of hydrogen-bond acceptors (Lipinski definition) is 6. The fraction of sp³-hybridized carbons (Fsp3) is 0.323. The van der Waals surface area contributed by atoms with Gasteiger partial charge in [0.15, 0.2) is 5.78 Å². The number of aromatic nitrogens is 2. The fourth-order valence-electron chi connectivity index (χ4n) is 5.84. The minimum Gasteiger partial charge on any atom is -0.427 e. The molecule has 3 aromatic rings. The van der Waals surface area contributed by atoms with Crippen LogP contribution < -0.4 is 0 Å². The number of nitrogens with zero attached hydrogens (tertiary/aromatic N) is 3. The van der Waals surface area contributed by atoms with Crippen LogP contribution in [0.2, 0.25) is 10.3 Å². The summed E-state index contributed by atoms with van der Waals surface area (Å²) in [6.07, 6.45) is 4.55. The van der Waals surface area contributed by atoms with Crippen molar-refractivity contribution in [3.05, 3.63) is 98.2 Å². The van der Waals surface area contributed by atoms with Gasteiger partial charge >= 0.3 is 5.97 Å². The molecule has 0 saturated carbocycles. The Morgan fingerprint density at radius 1 is 0.975 bits per heavy atom. The van der Waals surface area contributed by atoms with Crippen LogP contribution in [-0.4, -0.2) is 45.6 Å². The molecule has 1 saturated heterocycles. The van der Waals surface area contributed by atoms with E-state index in [1.54, 1.807) is 23.1 Å².